The zero-order valence-electron chi connectivity index (χ0n) is 10.9. The standard InChI is InChI=1S/C12H17NO5S/c1-3-13-7-10-8-16-11-5-4-9(6-12(11)17-10)18-19(2,14)15/h4-6,10,13H,3,7-8H2,1-2H3. The monoisotopic (exact) mass is 287 g/mol. The SMILES string of the molecule is CCNCC1COc2ccc(OS(C)(=O)=O)cc2O1. The van der Waals surface area contributed by atoms with Gasteiger partial charge in [-0.1, -0.05) is 6.92 Å². The van der Waals surface area contributed by atoms with Gasteiger partial charge in [0.15, 0.2) is 11.5 Å². The van der Waals surface area contributed by atoms with Crippen LogP contribution in [-0.4, -0.2) is 40.5 Å². The van der Waals surface area contributed by atoms with Crippen molar-refractivity contribution in [2.45, 2.75) is 13.0 Å². The van der Waals surface area contributed by atoms with Crippen molar-refractivity contribution in [1.29, 1.82) is 0 Å². The zero-order valence-corrected chi connectivity index (χ0v) is 11.7. The summed E-state index contributed by atoms with van der Waals surface area (Å²) < 4.78 is 38.2. The summed E-state index contributed by atoms with van der Waals surface area (Å²) in [4.78, 5) is 0. The second kappa shape index (κ2) is 5.66. The number of likely N-dealkylation sites (N-methyl/N-ethyl adjacent to an activating group) is 1. The van der Waals surface area contributed by atoms with Crippen molar-refractivity contribution >= 4 is 10.1 Å². The molecule has 0 spiro atoms. The van der Waals surface area contributed by atoms with E-state index < -0.39 is 10.1 Å². The minimum absolute atomic E-state index is 0.0964. The Balaban J connectivity index is 2.11. The molecule has 1 aromatic rings. The zero-order chi connectivity index (χ0) is 13.9. The molecule has 0 radical (unpaired) electrons. The Labute approximate surface area is 112 Å². The van der Waals surface area contributed by atoms with Crippen LogP contribution in [0.3, 0.4) is 0 Å². The number of nitrogens with one attached hydrogen (secondary N) is 1. The van der Waals surface area contributed by atoms with Crippen molar-refractivity contribution in [3.63, 3.8) is 0 Å². The largest absolute Gasteiger partial charge is 0.486 e. The molecule has 1 unspecified atom stereocenters. The second-order valence-corrected chi connectivity index (χ2v) is 5.83. The molecule has 1 aliphatic heterocycles. The number of rotatable bonds is 5. The molecular formula is C12H17NO5S. The first kappa shape index (κ1) is 14.0. The highest BCUT2D eigenvalue weighted by Gasteiger charge is 2.21. The van der Waals surface area contributed by atoms with Crippen LogP contribution in [0.25, 0.3) is 0 Å². The predicted octanol–water partition coefficient (Wildman–Crippen LogP) is 0.774. The molecule has 0 saturated heterocycles. The van der Waals surface area contributed by atoms with Gasteiger partial charge in [0, 0.05) is 12.6 Å². The molecule has 6 nitrogen and oxygen atoms in total. The van der Waals surface area contributed by atoms with Crippen LogP contribution in [0.4, 0.5) is 0 Å². The van der Waals surface area contributed by atoms with Crippen LogP contribution in [0, 0.1) is 0 Å². The Hall–Kier alpha value is -1.47. The maximum Gasteiger partial charge on any atom is 0.306 e. The molecule has 1 aromatic carbocycles. The predicted molar refractivity (Wildman–Crippen MR) is 70.4 cm³/mol. The molecule has 106 valence electrons. The van der Waals surface area contributed by atoms with Crippen molar-refractivity contribution in [3.8, 4) is 17.2 Å². The van der Waals surface area contributed by atoms with E-state index in [1.54, 1.807) is 6.07 Å². The molecule has 19 heavy (non-hydrogen) atoms. The van der Waals surface area contributed by atoms with Crippen LogP contribution in [-0.2, 0) is 10.1 Å². The van der Waals surface area contributed by atoms with Crippen molar-refractivity contribution in [3.05, 3.63) is 18.2 Å². The van der Waals surface area contributed by atoms with Crippen molar-refractivity contribution in [2.24, 2.45) is 0 Å². The second-order valence-electron chi connectivity index (χ2n) is 4.25. The van der Waals surface area contributed by atoms with Gasteiger partial charge in [0.25, 0.3) is 0 Å². The summed E-state index contributed by atoms with van der Waals surface area (Å²) in [6.45, 7) is 4.00. The third-order valence-electron chi connectivity index (χ3n) is 2.50. The van der Waals surface area contributed by atoms with E-state index in [1.165, 1.54) is 12.1 Å². The van der Waals surface area contributed by atoms with Gasteiger partial charge in [0.1, 0.15) is 18.5 Å². The molecule has 0 bridgehead atoms. The average molecular weight is 287 g/mol. The highest BCUT2D eigenvalue weighted by atomic mass is 32.2. The molecule has 0 aliphatic carbocycles. The van der Waals surface area contributed by atoms with Gasteiger partial charge < -0.3 is 19.0 Å². The molecule has 0 fully saturated rings. The molecule has 1 heterocycles. The third kappa shape index (κ3) is 4.00. The topological polar surface area (TPSA) is 73.9 Å². The fraction of sp³-hybridized carbons (Fsp3) is 0.500. The van der Waals surface area contributed by atoms with Gasteiger partial charge in [-0.3, -0.25) is 0 Å². The van der Waals surface area contributed by atoms with E-state index in [-0.39, 0.29) is 11.9 Å². The molecule has 1 aliphatic rings. The van der Waals surface area contributed by atoms with E-state index in [1.807, 2.05) is 6.92 Å². The van der Waals surface area contributed by atoms with Gasteiger partial charge in [0.05, 0.1) is 6.26 Å². The quantitative estimate of drug-likeness (QED) is 0.807. The van der Waals surface area contributed by atoms with E-state index in [2.05, 4.69) is 5.32 Å². The molecule has 0 saturated carbocycles. The summed E-state index contributed by atoms with van der Waals surface area (Å²) in [5.74, 6) is 1.30. The maximum absolute atomic E-state index is 11.1. The van der Waals surface area contributed by atoms with Gasteiger partial charge in [-0.25, -0.2) is 0 Å². The van der Waals surface area contributed by atoms with Crippen LogP contribution < -0.4 is 19.0 Å². The molecular weight excluding hydrogens is 270 g/mol. The van der Waals surface area contributed by atoms with Gasteiger partial charge in [-0.2, -0.15) is 8.42 Å². The minimum atomic E-state index is -3.54. The minimum Gasteiger partial charge on any atom is -0.486 e. The van der Waals surface area contributed by atoms with Gasteiger partial charge in [-0.05, 0) is 18.7 Å². The Morgan fingerprint density at radius 1 is 1.42 bits per heavy atom. The molecule has 0 amide bonds. The first-order valence-corrected chi connectivity index (χ1v) is 7.83. The molecule has 1 atom stereocenters. The summed E-state index contributed by atoms with van der Waals surface area (Å²) >= 11 is 0. The number of hydrogen-bond donors (Lipinski definition) is 1. The van der Waals surface area contributed by atoms with Crippen LogP contribution in [0.15, 0.2) is 18.2 Å². The normalized spacial score (nSPS) is 18.1. The lowest BCUT2D eigenvalue weighted by molar-refractivity contribution is 0.0906. The van der Waals surface area contributed by atoms with Gasteiger partial charge in [-0.15, -0.1) is 0 Å². The van der Waals surface area contributed by atoms with E-state index in [0.717, 1.165) is 12.8 Å². The summed E-state index contributed by atoms with van der Waals surface area (Å²) in [6, 6.07) is 4.70. The Bertz CT molecular complexity index is 543. The molecule has 2 rings (SSSR count). The molecule has 7 heteroatoms. The lowest BCUT2D eigenvalue weighted by Gasteiger charge is -2.26. The lowest BCUT2D eigenvalue weighted by Crippen LogP contribution is -2.38. The highest BCUT2D eigenvalue weighted by Crippen LogP contribution is 2.35. The van der Waals surface area contributed by atoms with Crippen molar-refractivity contribution in [2.75, 3.05) is 26.0 Å². The third-order valence-corrected chi connectivity index (χ3v) is 3.00. The van der Waals surface area contributed by atoms with E-state index in [4.69, 9.17) is 13.7 Å². The molecule has 0 aromatic heterocycles. The van der Waals surface area contributed by atoms with Crippen LogP contribution in [0.2, 0.25) is 0 Å². The van der Waals surface area contributed by atoms with E-state index in [0.29, 0.717) is 24.7 Å². The smallest absolute Gasteiger partial charge is 0.306 e. The summed E-state index contributed by atoms with van der Waals surface area (Å²) in [7, 11) is -3.54. The first-order valence-electron chi connectivity index (χ1n) is 6.01. The lowest BCUT2D eigenvalue weighted by atomic mass is 10.2. The van der Waals surface area contributed by atoms with Crippen LogP contribution >= 0.6 is 0 Å². The number of hydrogen-bond acceptors (Lipinski definition) is 6. The highest BCUT2D eigenvalue weighted by molar-refractivity contribution is 7.86. The van der Waals surface area contributed by atoms with Crippen LogP contribution in [0.5, 0.6) is 17.2 Å². The number of ether oxygens (including phenoxy) is 2. The fourth-order valence-corrected chi connectivity index (χ4v) is 2.18. The summed E-state index contributed by atoms with van der Waals surface area (Å²) in [5, 5.41) is 3.17. The first-order chi connectivity index (χ1) is 8.98. The Kier molecular flexibility index (Phi) is 4.16. The average Bonchev–Trinajstić information content (AvgIpc) is 2.34. The van der Waals surface area contributed by atoms with Crippen molar-refractivity contribution in [1.82, 2.24) is 5.32 Å². The Morgan fingerprint density at radius 3 is 2.89 bits per heavy atom. The van der Waals surface area contributed by atoms with E-state index in [9.17, 15) is 8.42 Å². The molecule has 1 N–H and O–H groups in total. The number of benzene rings is 1. The van der Waals surface area contributed by atoms with E-state index >= 15 is 0 Å². The van der Waals surface area contributed by atoms with Crippen molar-refractivity contribution < 1.29 is 22.1 Å². The van der Waals surface area contributed by atoms with Crippen LogP contribution in [0.1, 0.15) is 6.92 Å². The summed E-state index contributed by atoms with van der Waals surface area (Å²) in [6.07, 6.45) is 0.901. The number of fused-ring (bicyclic) bond motifs is 1. The Morgan fingerprint density at radius 2 is 2.21 bits per heavy atom. The fourth-order valence-electron chi connectivity index (χ4n) is 1.73. The van der Waals surface area contributed by atoms with Gasteiger partial charge >= 0.3 is 10.1 Å². The maximum atomic E-state index is 11.1. The van der Waals surface area contributed by atoms with Gasteiger partial charge in [0.2, 0.25) is 0 Å². The summed E-state index contributed by atoms with van der Waals surface area (Å²) in [5.41, 5.74) is 0.